The number of ether oxygens (including phenoxy) is 1. The van der Waals surface area contributed by atoms with Crippen LogP contribution in [0.4, 0.5) is 22.0 Å². The van der Waals surface area contributed by atoms with Gasteiger partial charge in [-0.05, 0) is 35.7 Å². The van der Waals surface area contributed by atoms with Gasteiger partial charge in [0, 0.05) is 5.56 Å². The van der Waals surface area contributed by atoms with Crippen LogP contribution in [0.3, 0.4) is 0 Å². The second-order valence-corrected chi connectivity index (χ2v) is 4.36. The predicted molar refractivity (Wildman–Crippen MR) is 67.9 cm³/mol. The largest absolute Gasteiger partial charge is 0.573 e. The standard InChI is InChI=1S/C15H11F5O/c1-2-9-3-5-11(12(16)7-9)10-4-6-14(13(17)8-10)21-15(18,19)20/h3-8H,2H2,1H3. The lowest BCUT2D eigenvalue weighted by atomic mass is 10.0. The Kier molecular flexibility index (Phi) is 4.16. The average Bonchev–Trinajstić information content (AvgIpc) is 2.39. The molecule has 1 nitrogen and oxygen atoms in total. The smallest absolute Gasteiger partial charge is 0.403 e. The van der Waals surface area contributed by atoms with Gasteiger partial charge in [-0.3, -0.25) is 0 Å². The van der Waals surface area contributed by atoms with Crippen molar-refractivity contribution in [2.24, 2.45) is 0 Å². The van der Waals surface area contributed by atoms with E-state index in [9.17, 15) is 22.0 Å². The summed E-state index contributed by atoms with van der Waals surface area (Å²) >= 11 is 0. The summed E-state index contributed by atoms with van der Waals surface area (Å²) in [6.45, 7) is 1.86. The number of hydrogen-bond acceptors (Lipinski definition) is 1. The summed E-state index contributed by atoms with van der Waals surface area (Å²) in [6, 6.07) is 7.27. The first kappa shape index (κ1) is 15.3. The molecule has 0 unspecified atom stereocenters. The zero-order valence-electron chi connectivity index (χ0n) is 11.0. The van der Waals surface area contributed by atoms with Crippen LogP contribution in [0.1, 0.15) is 12.5 Å². The first-order valence-corrected chi connectivity index (χ1v) is 6.14. The van der Waals surface area contributed by atoms with Gasteiger partial charge in [0.05, 0.1) is 0 Å². The van der Waals surface area contributed by atoms with Crippen LogP contribution in [-0.2, 0) is 6.42 Å². The van der Waals surface area contributed by atoms with Crippen LogP contribution >= 0.6 is 0 Å². The Morgan fingerprint density at radius 3 is 2.19 bits per heavy atom. The van der Waals surface area contributed by atoms with Gasteiger partial charge in [-0.2, -0.15) is 0 Å². The van der Waals surface area contributed by atoms with E-state index in [-0.39, 0.29) is 11.1 Å². The van der Waals surface area contributed by atoms with Crippen molar-refractivity contribution in [2.75, 3.05) is 0 Å². The lowest BCUT2D eigenvalue weighted by molar-refractivity contribution is -0.275. The molecular formula is C15H11F5O. The third kappa shape index (κ3) is 3.71. The molecule has 0 atom stereocenters. The van der Waals surface area contributed by atoms with Gasteiger partial charge in [-0.1, -0.05) is 25.1 Å². The fourth-order valence-corrected chi connectivity index (χ4v) is 1.89. The molecule has 112 valence electrons. The predicted octanol–water partition coefficient (Wildman–Crippen LogP) is 5.09. The summed E-state index contributed by atoms with van der Waals surface area (Å²) in [4.78, 5) is 0. The van der Waals surface area contributed by atoms with Gasteiger partial charge >= 0.3 is 6.36 Å². The quantitative estimate of drug-likeness (QED) is 0.717. The van der Waals surface area contributed by atoms with Gasteiger partial charge in [0.15, 0.2) is 11.6 Å². The Morgan fingerprint density at radius 1 is 0.952 bits per heavy atom. The highest BCUT2D eigenvalue weighted by molar-refractivity contribution is 5.65. The molecule has 0 saturated carbocycles. The highest BCUT2D eigenvalue weighted by Gasteiger charge is 2.32. The maximum absolute atomic E-state index is 13.9. The second-order valence-electron chi connectivity index (χ2n) is 4.36. The van der Waals surface area contributed by atoms with Crippen LogP contribution in [0.15, 0.2) is 36.4 Å². The van der Waals surface area contributed by atoms with E-state index >= 15 is 0 Å². The van der Waals surface area contributed by atoms with Crippen LogP contribution in [-0.4, -0.2) is 6.36 Å². The molecule has 0 saturated heterocycles. The van der Waals surface area contributed by atoms with E-state index in [0.29, 0.717) is 6.42 Å². The molecule has 0 amide bonds. The van der Waals surface area contributed by atoms with Crippen molar-refractivity contribution < 1.29 is 26.7 Å². The molecule has 2 rings (SSSR count). The van der Waals surface area contributed by atoms with Crippen molar-refractivity contribution in [1.29, 1.82) is 0 Å². The number of alkyl halides is 3. The van der Waals surface area contributed by atoms with E-state index in [1.807, 2.05) is 6.92 Å². The zero-order chi connectivity index (χ0) is 15.6. The number of benzene rings is 2. The molecule has 0 aliphatic carbocycles. The van der Waals surface area contributed by atoms with Crippen LogP contribution in [0.2, 0.25) is 0 Å². The molecule has 0 aliphatic heterocycles. The summed E-state index contributed by atoms with van der Waals surface area (Å²) in [5.41, 5.74) is 1.03. The minimum absolute atomic E-state index is 0.115. The number of rotatable bonds is 3. The molecule has 2 aromatic carbocycles. The fourth-order valence-electron chi connectivity index (χ4n) is 1.89. The van der Waals surface area contributed by atoms with Crippen molar-refractivity contribution >= 4 is 0 Å². The van der Waals surface area contributed by atoms with Gasteiger partial charge in [-0.15, -0.1) is 13.2 Å². The Balaban J connectivity index is 2.36. The van der Waals surface area contributed by atoms with Crippen molar-refractivity contribution in [3.05, 3.63) is 53.6 Å². The molecule has 21 heavy (non-hydrogen) atoms. The summed E-state index contributed by atoms with van der Waals surface area (Å²) in [5.74, 6) is -2.71. The molecule has 0 bridgehead atoms. The molecule has 0 radical (unpaired) electrons. The molecular weight excluding hydrogens is 291 g/mol. The fraction of sp³-hybridized carbons (Fsp3) is 0.200. The Bertz CT molecular complexity index is 649. The van der Waals surface area contributed by atoms with E-state index in [0.717, 1.165) is 17.7 Å². The lowest BCUT2D eigenvalue weighted by Crippen LogP contribution is -2.17. The minimum Gasteiger partial charge on any atom is -0.403 e. The van der Waals surface area contributed by atoms with Crippen molar-refractivity contribution in [3.63, 3.8) is 0 Å². The normalized spacial score (nSPS) is 11.5. The van der Waals surface area contributed by atoms with Crippen molar-refractivity contribution in [2.45, 2.75) is 19.7 Å². The summed E-state index contributed by atoms with van der Waals surface area (Å²) in [6.07, 6.45) is -4.33. The minimum atomic E-state index is -4.98. The topological polar surface area (TPSA) is 9.23 Å². The Labute approximate surface area is 118 Å². The van der Waals surface area contributed by atoms with Crippen molar-refractivity contribution in [3.8, 4) is 16.9 Å². The maximum Gasteiger partial charge on any atom is 0.573 e. The lowest BCUT2D eigenvalue weighted by Gasteiger charge is -2.11. The highest BCUT2D eigenvalue weighted by Crippen LogP contribution is 2.31. The van der Waals surface area contributed by atoms with Crippen molar-refractivity contribution in [1.82, 2.24) is 0 Å². The van der Waals surface area contributed by atoms with Crippen LogP contribution in [0.25, 0.3) is 11.1 Å². The third-order valence-electron chi connectivity index (χ3n) is 2.91. The molecule has 0 fully saturated rings. The van der Waals surface area contributed by atoms with Gasteiger partial charge in [-0.25, -0.2) is 8.78 Å². The molecule has 6 heteroatoms. The summed E-state index contributed by atoms with van der Waals surface area (Å²) in [7, 11) is 0. The monoisotopic (exact) mass is 302 g/mol. The first-order chi connectivity index (χ1) is 9.80. The Morgan fingerprint density at radius 2 is 1.67 bits per heavy atom. The second kappa shape index (κ2) is 5.71. The number of aryl methyl sites for hydroxylation is 1. The van der Waals surface area contributed by atoms with E-state index in [2.05, 4.69) is 4.74 Å². The van der Waals surface area contributed by atoms with Gasteiger partial charge < -0.3 is 4.74 Å². The molecule has 2 aromatic rings. The molecule has 0 heterocycles. The Hall–Kier alpha value is -2.11. The average molecular weight is 302 g/mol. The number of halogens is 5. The van der Waals surface area contributed by atoms with Crippen LogP contribution < -0.4 is 4.74 Å². The van der Waals surface area contributed by atoms with Crippen LogP contribution in [0.5, 0.6) is 5.75 Å². The van der Waals surface area contributed by atoms with E-state index in [1.165, 1.54) is 18.2 Å². The molecule has 0 aliphatic rings. The molecule has 0 spiro atoms. The van der Waals surface area contributed by atoms with Crippen LogP contribution in [0, 0.1) is 11.6 Å². The zero-order valence-corrected chi connectivity index (χ0v) is 11.0. The van der Waals surface area contributed by atoms with Gasteiger partial charge in [0.25, 0.3) is 0 Å². The molecule has 0 aromatic heterocycles. The summed E-state index contributed by atoms with van der Waals surface area (Å²) < 4.78 is 67.1. The SMILES string of the molecule is CCc1ccc(-c2ccc(OC(F)(F)F)c(F)c2)c(F)c1. The van der Waals surface area contributed by atoms with Gasteiger partial charge in [0.2, 0.25) is 0 Å². The van der Waals surface area contributed by atoms with Gasteiger partial charge in [0.1, 0.15) is 5.82 Å². The third-order valence-corrected chi connectivity index (χ3v) is 2.91. The van der Waals surface area contributed by atoms with E-state index in [4.69, 9.17) is 0 Å². The maximum atomic E-state index is 13.9. The molecule has 0 N–H and O–H groups in total. The summed E-state index contributed by atoms with van der Waals surface area (Å²) in [5, 5.41) is 0. The first-order valence-electron chi connectivity index (χ1n) is 6.14. The van der Waals surface area contributed by atoms with E-state index in [1.54, 1.807) is 6.07 Å². The number of hydrogen-bond donors (Lipinski definition) is 0. The highest BCUT2D eigenvalue weighted by atomic mass is 19.4. The van der Waals surface area contributed by atoms with E-state index < -0.39 is 23.7 Å².